The zero-order valence-corrected chi connectivity index (χ0v) is 10.6. The molecule has 0 atom stereocenters. The average Bonchev–Trinajstić information content (AvgIpc) is 2.83. The quantitative estimate of drug-likeness (QED) is 0.895. The predicted octanol–water partition coefficient (Wildman–Crippen LogP) is 2.62. The summed E-state index contributed by atoms with van der Waals surface area (Å²) >= 11 is 1.53. The largest absolute Gasteiger partial charge is 0.300 e. The monoisotopic (exact) mass is 251 g/mol. The van der Waals surface area contributed by atoms with Crippen LogP contribution in [0.5, 0.6) is 0 Å². The zero-order chi connectivity index (χ0) is 11.7. The van der Waals surface area contributed by atoms with Crippen LogP contribution in [0.2, 0.25) is 0 Å². The fourth-order valence-corrected chi connectivity index (χ4v) is 3.21. The minimum absolute atomic E-state index is 0.136. The Balaban J connectivity index is 1.56. The van der Waals surface area contributed by atoms with Crippen molar-refractivity contribution in [2.75, 3.05) is 5.32 Å². The van der Waals surface area contributed by atoms with Crippen molar-refractivity contribution in [1.29, 1.82) is 0 Å². The minimum atomic E-state index is 0.136. The Kier molecular flexibility index (Phi) is 3.09. The first-order valence-corrected chi connectivity index (χ1v) is 7.26. The van der Waals surface area contributed by atoms with Crippen molar-refractivity contribution >= 4 is 22.4 Å². The highest BCUT2D eigenvalue weighted by Crippen LogP contribution is 2.34. The van der Waals surface area contributed by atoms with E-state index < -0.39 is 0 Å². The molecular weight excluding hydrogens is 234 g/mol. The summed E-state index contributed by atoms with van der Waals surface area (Å²) in [6.07, 6.45) is 8.10. The van der Waals surface area contributed by atoms with Crippen LogP contribution in [0, 0.1) is 11.8 Å². The van der Waals surface area contributed by atoms with Crippen LogP contribution < -0.4 is 5.32 Å². The van der Waals surface area contributed by atoms with Gasteiger partial charge in [-0.3, -0.25) is 4.79 Å². The van der Waals surface area contributed by atoms with E-state index in [1.165, 1.54) is 37.0 Å². The Bertz CT molecular complexity index is 408. The molecular formula is C12H17N3OS. The maximum atomic E-state index is 11.9. The number of rotatable bonds is 4. The van der Waals surface area contributed by atoms with Crippen LogP contribution in [0.3, 0.4) is 0 Å². The Labute approximate surface area is 105 Å². The molecule has 2 fully saturated rings. The van der Waals surface area contributed by atoms with Crippen LogP contribution in [0.15, 0.2) is 0 Å². The van der Waals surface area contributed by atoms with E-state index in [0.29, 0.717) is 5.13 Å². The molecule has 17 heavy (non-hydrogen) atoms. The van der Waals surface area contributed by atoms with E-state index >= 15 is 0 Å². The molecule has 0 spiro atoms. The lowest BCUT2D eigenvalue weighted by Gasteiger charge is -2.06. The molecule has 0 unspecified atom stereocenters. The number of carbonyl (C=O) groups excluding carboxylic acids is 1. The number of hydrogen-bond donors (Lipinski definition) is 1. The van der Waals surface area contributed by atoms with E-state index in [1.54, 1.807) is 0 Å². The number of carbonyl (C=O) groups is 1. The SMILES string of the molecule is O=C(Nc1nnc(CC2CC2)s1)C1CCCC1. The summed E-state index contributed by atoms with van der Waals surface area (Å²) in [7, 11) is 0. The molecule has 3 rings (SSSR count). The molecule has 1 amide bonds. The lowest BCUT2D eigenvalue weighted by Crippen LogP contribution is -2.20. The molecule has 0 aromatic carbocycles. The number of nitrogens with one attached hydrogen (secondary N) is 1. The number of amides is 1. The zero-order valence-electron chi connectivity index (χ0n) is 9.82. The summed E-state index contributed by atoms with van der Waals surface area (Å²) in [5.74, 6) is 1.16. The maximum Gasteiger partial charge on any atom is 0.229 e. The third-order valence-corrected chi connectivity index (χ3v) is 4.44. The van der Waals surface area contributed by atoms with Gasteiger partial charge in [-0.05, 0) is 31.6 Å². The molecule has 1 heterocycles. The van der Waals surface area contributed by atoms with Crippen molar-refractivity contribution in [2.24, 2.45) is 11.8 Å². The first-order chi connectivity index (χ1) is 8.31. The highest BCUT2D eigenvalue weighted by atomic mass is 32.1. The summed E-state index contributed by atoms with van der Waals surface area (Å²) in [4.78, 5) is 11.9. The molecule has 2 aliphatic carbocycles. The highest BCUT2D eigenvalue weighted by Gasteiger charge is 2.25. The molecule has 92 valence electrons. The minimum Gasteiger partial charge on any atom is -0.300 e. The van der Waals surface area contributed by atoms with Gasteiger partial charge in [0.05, 0.1) is 0 Å². The average molecular weight is 251 g/mol. The van der Waals surface area contributed by atoms with Crippen molar-refractivity contribution in [3.63, 3.8) is 0 Å². The molecule has 1 aromatic rings. The predicted molar refractivity (Wildman–Crippen MR) is 66.9 cm³/mol. The smallest absolute Gasteiger partial charge is 0.229 e. The van der Waals surface area contributed by atoms with Crippen molar-refractivity contribution in [3.05, 3.63) is 5.01 Å². The molecule has 4 nitrogen and oxygen atoms in total. The van der Waals surface area contributed by atoms with Gasteiger partial charge in [-0.25, -0.2) is 0 Å². The third kappa shape index (κ3) is 2.83. The Hall–Kier alpha value is -0.970. The lowest BCUT2D eigenvalue weighted by molar-refractivity contribution is -0.119. The number of anilines is 1. The second kappa shape index (κ2) is 4.72. The molecule has 1 N–H and O–H groups in total. The molecule has 0 bridgehead atoms. The molecule has 1 aromatic heterocycles. The van der Waals surface area contributed by atoms with Crippen LogP contribution in [0.4, 0.5) is 5.13 Å². The topological polar surface area (TPSA) is 54.9 Å². The first kappa shape index (κ1) is 11.1. The van der Waals surface area contributed by atoms with Crippen LogP contribution in [-0.2, 0) is 11.2 Å². The standard InChI is InChI=1S/C12H17N3OS/c16-11(9-3-1-2-4-9)13-12-15-14-10(17-12)7-8-5-6-8/h8-9H,1-7H2,(H,13,15,16). The third-order valence-electron chi connectivity index (χ3n) is 3.58. The van der Waals surface area contributed by atoms with Crippen LogP contribution in [0.1, 0.15) is 43.5 Å². The van der Waals surface area contributed by atoms with Crippen molar-refractivity contribution < 1.29 is 4.79 Å². The van der Waals surface area contributed by atoms with Gasteiger partial charge in [0.2, 0.25) is 11.0 Å². The normalized spacial score (nSPS) is 20.7. The summed E-state index contributed by atoms with van der Waals surface area (Å²) in [6, 6.07) is 0. The van der Waals surface area contributed by atoms with Gasteiger partial charge in [0, 0.05) is 12.3 Å². The van der Waals surface area contributed by atoms with Gasteiger partial charge in [0.1, 0.15) is 5.01 Å². The molecule has 2 saturated carbocycles. The number of nitrogens with zero attached hydrogens (tertiary/aromatic N) is 2. The van der Waals surface area contributed by atoms with Crippen molar-refractivity contribution in [2.45, 2.75) is 44.9 Å². The van der Waals surface area contributed by atoms with Gasteiger partial charge in [-0.1, -0.05) is 24.2 Å². The van der Waals surface area contributed by atoms with Gasteiger partial charge >= 0.3 is 0 Å². The number of hydrogen-bond acceptors (Lipinski definition) is 4. The fourth-order valence-electron chi connectivity index (χ4n) is 2.35. The first-order valence-electron chi connectivity index (χ1n) is 6.44. The van der Waals surface area contributed by atoms with E-state index in [-0.39, 0.29) is 11.8 Å². The molecule has 2 aliphatic rings. The summed E-state index contributed by atoms with van der Waals surface area (Å²) in [5.41, 5.74) is 0. The van der Waals surface area contributed by atoms with Gasteiger partial charge in [0.15, 0.2) is 0 Å². The van der Waals surface area contributed by atoms with E-state index in [2.05, 4.69) is 15.5 Å². The molecule has 0 saturated heterocycles. The summed E-state index contributed by atoms with van der Waals surface area (Å²) in [6.45, 7) is 0. The van der Waals surface area contributed by atoms with E-state index in [9.17, 15) is 4.79 Å². The van der Waals surface area contributed by atoms with Gasteiger partial charge < -0.3 is 5.32 Å². The lowest BCUT2D eigenvalue weighted by atomic mass is 10.1. The van der Waals surface area contributed by atoms with Crippen molar-refractivity contribution in [1.82, 2.24) is 10.2 Å². The molecule has 5 heteroatoms. The Morgan fingerprint density at radius 3 is 2.71 bits per heavy atom. The van der Waals surface area contributed by atoms with Crippen LogP contribution in [-0.4, -0.2) is 16.1 Å². The fraction of sp³-hybridized carbons (Fsp3) is 0.750. The van der Waals surface area contributed by atoms with E-state index in [4.69, 9.17) is 0 Å². The molecule has 0 radical (unpaired) electrons. The summed E-state index contributed by atoms with van der Waals surface area (Å²) < 4.78 is 0. The maximum absolute atomic E-state index is 11.9. The number of aromatic nitrogens is 2. The second-order valence-corrected chi connectivity index (χ2v) is 6.18. The Morgan fingerprint density at radius 2 is 2.00 bits per heavy atom. The van der Waals surface area contributed by atoms with Crippen LogP contribution in [0.25, 0.3) is 0 Å². The summed E-state index contributed by atoms with van der Waals surface area (Å²) in [5, 5.41) is 12.8. The van der Waals surface area contributed by atoms with Gasteiger partial charge in [-0.2, -0.15) is 0 Å². The van der Waals surface area contributed by atoms with Gasteiger partial charge in [0.25, 0.3) is 0 Å². The van der Waals surface area contributed by atoms with Gasteiger partial charge in [-0.15, -0.1) is 10.2 Å². The molecule has 0 aliphatic heterocycles. The Morgan fingerprint density at radius 1 is 1.24 bits per heavy atom. The highest BCUT2D eigenvalue weighted by molar-refractivity contribution is 7.15. The van der Waals surface area contributed by atoms with Crippen LogP contribution >= 0.6 is 11.3 Å². The van der Waals surface area contributed by atoms with E-state index in [1.807, 2.05) is 0 Å². The van der Waals surface area contributed by atoms with E-state index in [0.717, 1.165) is 30.2 Å². The van der Waals surface area contributed by atoms with Crippen molar-refractivity contribution in [3.8, 4) is 0 Å². The second-order valence-electron chi connectivity index (χ2n) is 5.12.